The molecule has 0 bridgehead atoms. The number of anilines is 2. The second kappa shape index (κ2) is 6.60. The number of nitrogens with one attached hydrogen (secondary N) is 2. The second-order valence-electron chi connectivity index (χ2n) is 4.15. The van der Waals surface area contributed by atoms with Crippen LogP contribution in [0.4, 0.5) is 15.9 Å². The highest BCUT2D eigenvalue weighted by molar-refractivity contribution is 5.92. The van der Waals surface area contributed by atoms with Crippen LogP contribution in [0.3, 0.4) is 0 Å². The van der Waals surface area contributed by atoms with Crippen molar-refractivity contribution >= 4 is 17.4 Å². The van der Waals surface area contributed by atoms with E-state index in [1.807, 2.05) is 6.92 Å². The number of halogens is 1. The zero-order chi connectivity index (χ0) is 14.4. The first kappa shape index (κ1) is 13.9. The Bertz CT molecular complexity index is 603. The Morgan fingerprint density at radius 1 is 1.30 bits per heavy atom. The van der Waals surface area contributed by atoms with Crippen molar-refractivity contribution < 1.29 is 9.18 Å². The van der Waals surface area contributed by atoms with Gasteiger partial charge in [-0.1, -0.05) is 19.1 Å². The molecule has 20 heavy (non-hydrogen) atoms. The van der Waals surface area contributed by atoms with Crippen LogP contribution in [-0.4, -0.2) is 22.4 Å². The normalized spacial score (nSPS) is 10.1. The first-order valence-electron chi connectivity index (χ1n) is 6.32. The molecule has 1 heterocycles. The van der Waals surface area contributed by atoms with Crippen LogP contribution in [0, 0.1) is 5.82 Å². The molecule has 0 unspecified atom stereocenters. The minimum atomic E-state index is -0.386. The lowest BCUT2D eigenvalue weighted by molar-refractivity contribution is 0.0948. The molecule has 2 N–H and O–H groups in total. The van der Waals surface area contributed by atoms with Crippen LogP contribution >= 0.6 is 0 Å². The Kier molecular flexibility index (Phi) is 4.60. The number of nitrogens with zero attached hydrogens (tertiary/aromatic N) is 2. The summed E-state index contributed by atoms with van der Waals surface area (Å²) in [5, 5.41) is 5.54. The Morgan fingerprint density at radius 2 is 2.10 bits per heavy atom. The Balaban J connectivity index is 2.14. The van der Waals surface area contributed by atoms with Gasteiger partial charge >= 0.3 is 0 Å². The molecule has 5 nitrogen and oxygen atoms in total. The number of para-hydroxylation sites is 1. The van der Waals surface area contributed by atoms with Gasteiger partial charge in [-0.05, 0) is 18.6 Å². The van der Waals surface area contributed by atoms with Gasteiger partial charge in [0, 0.05) is 12.6 Å². The summed E-state index contributed by atoms with van der Waals surface area (Å²) >= 11 is 0. The molecule has 0 fully saturated rings. The van der Waals surface area contributed by atoms with Crippen LogP contribution < -0.4 is 10.6 Å². The molecular weight excluding hydrogens is 259 g/mol. The molecule has 0 saturated heterocycles. The zero-order valence-corrected chi connectivity index (χ0v) is 11.1. The molecule has 1 aromatic carbocycles. The summed E-state index contributed by atoms with van der Waals surface area (Å²) in [4.78, 5) is 19.6. The van der Waals surface area contributed by atoms with E-state index in [1.165, 1.54) is 18.5 Å². The first-order chi connectivity index (χ1) is 9.70. The molecule has 0 spiro atoms. The first-order valence-corrected chi connectivity index (χ1v) is 6.32. The number of amides is 1. The van der Waals surface area contributed by atoms with Crippen LogP contribution in [0.25, 0.3) is 0 Å². The van der Waals surface area contributed by atoms with Gasteiger partial charge in [0.05, 0.1) is 5.69 Å². The van der Waals surface area contributed by atoms with Crippen LogP contribution in [0.2, 0.25) is 0 Å². The lowest BCUT2D eigenvalue weighted by Crippen LogP contribution is -2.25. The second-order valence-corrected chi connectivity index (χ2v) is 4.15. The van der Waals surface area contributed by atoms with Gasteiger partial charge in [-0.15, -0.1) is 0 Å². The molecule has 0 aliphatic heterocycles. The van der Waals surface area contributed by atoms with E-state index in [2.05, 4.69) is 20.6 Å². The van der Waals surface area contributed by atoms with E-state index in [9.17, 15) is 9.18 Å². The Morgan fingerprint density at radius 3 is 2.85 bits per heavy atom. The van der Waals surface area contributed by atoms with Crippen molar-refractivity contribution in [2.24, 2.45) is 0 Å². The summed E-state index contributed by atoms with van der Waals surface area (Å²) in [6, 6.07) is 7.73. The fraction of sp³-hybridized carbons (Fsp3) is 0.214. The monoisotopic (exact) mass is 274 g/mol. The molecule has 2 aromatic rings. The van der Waals surface area contributed by atoms with Crippen molar-refractivity contribution in [3.63, 3.8) is 0 Å². The average Bonchev–Trinajstić information content (AvgIpc) is 2.47. The van der Waals surface area contributed by atoms with E-state index >= 15 is 0 Å². The molecule has 2 rings (SSSR count). The summed E-state index contributed by atoms with van der Waals surface area (Å²) in [6.45, 7) is 2.55. The summed E-state index contributed by atoms with van der Waals surface area (Å²) in [7, 11) is 0. The molecule has 1 aromatic heterocycles. The van der Waals surface area contributed by atoms with Crippen molar-refractivity contribution in [1.82, 2.24) is 15.3 Å². The highest BCUT2D eigenvalue weighted by Gasteiger charge is 2.08. The number of hydrogen-bond acceptors (Lipinski definition) is 4. The van der Waals surface area contributed by atoms with Crippen molar-refractivity contribution in [2.45, 2.75) is 13.3 Å². The topological polar surface area (TPSA) is 66.9 Å². The van der Waals surface area contributed by atoms with Gasteiger partial charge in [-0.3, -0.25) is 4.79 Å². The Labute approximate surface area is 116 Å². The van der Waals surface area contributed by atoms with Crippen LogP contribution in [-0.2, 0) is 0 Å². The molecule has 1 amide bonds. The van der Waals surface area contributed by atoms with E-state index in [0.29, 0.717) is 18.1 Å². The molecule has 0 saturated carbocycles. The number of hydrogen-bond donors (Lipinski definition) is 2. The fourth-order valence-corrected chi connectivity index (χ4v) is 1.58. The average molecular weight is 274 g/mol. The quantitative estimate of drug-likeness (QED) is 0.879. The molecule has 104 valence electrons. The maximum atomic E-state index is 13.5. The lowest BCUT2D eigenvalue weighted by atomic mass is 10.3. The standard InChI is InChI=1S/C14H15FN4O/c1-2-7-16-14(20)12-8-13(18-9-17-12)19-11-6-4-3-5-10(11)15/h3-6,8-9H,2,7H2,1H3,(H,16,20)(H,17,18,19). The van der Waals surface area contributed by atoms with Crippen molar-refractivity contribution in [3.8, 4) is 0 Å². The molecule has 0 aliphatic carbocycles. The predicted molar refractivity (Wildman–Crippen MR) is 74.3 cm³/mol. The molecule has 0 atom stereocenters. The third-order valence-electron chi connectivity index (χ3n) is 2.57. The van der Waals surface area contributed by atoms with Crippen LogP contribution in [0.15, 0.2) is 36.7 Å². The van der Waals surface area contributed by atoms with E-state index in [-0.39, 0.29) is 17.4 Å². The summed E-state index contributed by atoms with van der Waals surface area (Å²) in [5.74, 6) is -0.291. The van der Waals surface area contributed by atoms with Crippen LogP contribution in [0.1, 0.15) is 23.8 Å². The molecule has 6 heteroatoms. The minimum absolute atomic E-state index is 0.243. The third kappa shape index (κ3) is 3.50. The van der Waals surface area contributed by atoms with E-state index in [0.717, 1.165) is 6.42 Å². The third-order valence-corrected chi connectivity index (χ3v) is 2.57. The highest BCUT2D eigenvalue weighted by Crippen LogP contribution is 2.17. The van der Waals surface area contributed by atoms with Gasteiger partial charge in [-0.2, -0.15) is 0 Å². The molecular formula is C14H15FN4O. The van der Waals surface area contributed by atoms with Gasteiger partial charge in [0.25, 0.3) is 5.91 Å². The summed E-state index contributed by atoms with van der Waals surface area (Å²) in [5.41, 5.74) is 0.540. The van der Waals surface area contributed by atoms with E-state index < -0.39 is 0 Å². The van der Waals surface area contributed by atoms with Crippen molar-refractivity contribution in [2.75, 3.05) is 11.9 Å². The van der Waals surface area contributed by atoms with Crippen molar-refractivity contribution in [1.29, 1.82) is 0 Å². The Hall–Kier alpha value is -2.50. The van der Waals surface area contributed by atoms with Gasteiger partial charge in [0.15, 0.2) is 0 Å². The maximum Gasteiger partial charge on any atom is 0.270 e. The molecule has 0 aliphatic rings. The number of aromatic nitrogens is 2. The fourth-order valence-electron chi connectivity index (χ4n) is 1.58. The van der Waals surface area contributed by atoms with Gasteiger partial charge < -0.3 is 10.6 Å². The SMILES string of the molecule is CCCNC(=O)c1cc(Nc2ccccc2F)ncn1. The zero-order valence-electron chi connectivity index (χ0n) is 11.1. The smallest absolute Gasteiger partial charge is 0.270 e. The maximum absolute atomic E-state index is 13.5. The number of benzene rings is 1. The molecule has 0 radical (unpaired) electrons. The number of rotatable bonds is 5. The predicted octanol–water partition coefficient (Wildman–Crippen LogP) is 2.50. The highest BCUT2D eigenvalue weighted by atomic mass is 19.1. The van der Waals surface area contributed by atoms with Crippen molar-refractivity contribution in [3.05, 3.63) is 48.2 Å². The number of carbonyl (C=O) groups is 1. The van der Waals surface area contributed by atoms with Gasteiger partial charge in [0.1, 0.15) is 23.7 Å². The number of carbonyl (C=O) groups excluding carboxylic acids is 1. The minimum Gasteiger partial charge on any atom is -0.351 e. The van der Waals surface area contributed by atoms with E-state index in [1.54, 1.807) is 18.2 Å². The van der Waals surface area contributed by atoms with Crippen LogP contribution in [0.5, 0.6) is 0 Å². The summed E-state index contributed by atoms with van der Waals surface area (Å²) < 4.78 is 13.5. The van der Waals surface area contributed by atoms with Gasteiger partial charge in [-0.25, -0.2) is 14.4 Å². The lowest BCUT2D eigenvalue weighted by Gasteiger charge is -2.07. The summed E-state index contributed by atoms with van der Waals surface area (Å²) in [6.07, 6.45) is 2.11. The van der Waals surface area contributed by atoms with E-state index in [4.69, 9.17) is 0 Å². The largest absolute Gasteiger partial charge is 0.351 e. The van der Waals surface area contributed by atoms with Gasteiger partial charge in [0.2, 0.25) is 0 Å².